The highest BCUT2D eigenvalue weighted by Crippen LogP contribution is 2.47. The van der Waals surface area contributed by atoms with E-state index in [1.165, 1.54) is 63.7 Å². The SMILES string of the molecule is N#Cc1cc(-c2cc(-n3c4ccccc4c4cc(-c5ccc(C(F)(F)F)cc5C(F)(F)F)ccc43)c(C#N)cc2-n2c3ccccc3c3cc(-c4ccc(C(F)(F)F)cc4C(F)(F)F)ccc32)cc(C(F)(F)F)c1. The Morgan fingerprint density at radius 1 is 0.324 bits per heavy atom. The Balaban J connectivity index is 1.26. The van der Waals surface area contributed by atoms with E-state index in [0.717, 1.165) is 6.07 Å². The van der Waals surface area contributed by atoms with E-state index >= 15 is 0 Å². The lowest BCUT2D eigenvalue weighted by Crippen LogP contribution is -2.12. The number of aromatic nitrogens is 2. The molecule has 4 nitrogen and oxygen atoms in total. The second-order valence-corrected chi connectivity index (χ2v) is 17.1. The maximum Gasteiger partial charge on any atom is 0.417 e. The van der Waals surface area contributed by atoms with Crippen molar-refractivity contribution in [1.29, 1.82) is 10.5 Å². The summed E-state index contributed by atoms with van der Waals surface area (Å²) in [6, 6.07) is 32.1. The first-order chi connectivity index (χ1) is 34.8. The Bertz CT molecular complexity index is 4040. The topological polar surface area (TPSA) is 57.4 Å². The van der Waals surface area contributed by atoms with Crippen LogP contribution in [-0.4, -0.2) is 9.13 Å². The molecule has 0 fully saturated rings. The number of fused-ring (bicyclic) bond motifs is 6. The molecule has 0 spiro atoms. The van der Waals surface area contributed by atoms with E-state index in [1.54, 1.807) is 54.6 Å². The fourth-order valence-corrected chi connectivity index (χ4v) is 9.49. The van der Waals surface area contributed by atoms with Gasteiger partial charge in [-0.2, -0.15) is 76.4 Å². The van der Waals surface area contributed by atoms with Crippen LogP contribution in [0.5, 0.6) is 0 Å². The van der Waals surface area contributed by atoms with Crippen LogP contribution in [0.1, 0.15) is 38.9 Å². The molecule has 0 radical (unpaired) electrons. The maximum absolute atomic E-state index is 14.6. The van der Waals surface area contributed by atoms with E-state index in [0.29, 0.717) is 52.1 Å². The normalized spacial score (nSPS) is 12.8. The molecule has 10 rings (SSSR count). The molecule has 370 valence electrons. The molecule has 19 heteroatoms. The molecule has 0 atom stereocenters. The van der Waals surface area contributed by atoms with Gasteiger partial charge in [0.25, 0.3) is 0 Å². The third-order valence-electron chi connectivity index (χ3n) is 12.7. The van der Waals surface area contributed by atoms with Gasteiger partial charge in [-0.1, -0.05) is 60.7 Å². The lowest BCUT2D eigenvalue weighted by Gasteiger charge is -2.20. The van der Waals surface area contributed by atoms with Crippen LogP contribution < -0.4 is 0 Å². The summed E-state index contributed by atoms with van der Waals surface area (Å²) in [5, 5.41) is 22.2. The Labute approximate surface area is 406 Å². The first-order valence-electron chi connectivity index (χ1n) is 21.6. The Kier molecular flexibility index (Phi) is 11.2. The summed E-state index contributed by atoms with van der Waals surface area (Å²) in [7, 11) is 0. The third-order valence-corrected chi connectivity index (χ3v) is 12.7. The molecule has 0 aliphatic rings. The molecule has 2 aromatic heterocycles. The molecule has 2 heterocycles. The molecule has 74 heavy (non-hydrogen) atoms. The summed E-state index contributed by atoms with van der Waals surface area (Å²) in [5.41, 5.74) is -8.60. The van der Waals surface area contributed by atoms with Gasteiger partial charge in [-0.05, 0) is 119 Å². The van der Waals surface area contributed by atoms with E-state index in [9.17, 15) is 76.4 Å². The summed E-state index contributed by atoms with van der Waals surface area (Å²) >= 11 is 0. The summed E-state index contributed by atoms with van der Waals surface area (Å²) < 4.78 is 215. The smallest absolute Gasteiger partial charge is 0.309 e. The van der Waals surface area contributed by atoms with Crippen molar-refractivity contribution in [1.82, 2.24) is 9.13 Å². The molecule has 8 aromatic carbocycles. The van der Waals surface area contributed by atoms with Crippen LogP contribution in [0.3, 0.4) is 0 Å². The summed E-state index contributed by atoms with van der Waals surface area (Å²) in [5.74, 6) is 0. The van der Waals surface area contributed by atoms with Gasteiger partial charge in [-0.25, -0.2) is 0 Å². The second kappa shape index (κ2) is 16.9. The largest absolute Gasteiger partial charge is 0.417 e. The van der Waals surface area contributed by atoms with Crippen LogP contribution in [-0.2, 0) is 30.9 Å². The monoisotopic (exact) mass is 1030 g/mol. The van der Waals surface area contributed by atoms with Crippen LogP contribution in [0.15, 0.2) is 152 Å². The number of rotatable bonds is 5. The Morgan fingerprint density at radius 2 is 0.770 bits per heavy atom. The average Bonchev–Trinajstić information content (AvgIpc) is 3.86. The molecular weight excluding hydrogens is 1000 g/mol. The molecule has 0 aliphatic carbocycles. The van der Waals surface area contributed by atoms with Gasteiger partial charge in [0.05, 0.1) is 78.5 Å². The molecule has 0 saturated heterocycles. The molecule has 0 aliphatic heterocycles. The van der Waals surface area contributed by atoms with E-state index in [2.05, 4.69) is 6.07 Å². The lowest BCUT2D eigenvalue weighted by atomic mass is 9.95. The first kappa shape index (κ1) is 48.9. The van der Waals surface area contributed by atoms with Crippen molar-refractivity contribution in [3.63, 3.8) is 0 Å². The number of alkyl halides is 15. The number of hydrogen-bond acceptors (Lipinski definition) is 2. The highest BCUT2D eigenvalue weighted by Gasteiger charge is 2.40. The van der Waals surface area contributed by atoms with E-state index < -0.39 is 75.4 Å². The zero-order valence-corrected chi connectivity index (χ0v) is 36.9. The summed E-state index contributed by atoms with van der Waals surface area (Å²) in [6.07, 6.45) is -25.7. The minimum Gasteiger partial charge on any atom is -0.309 e. The van der Waals surface area contributed by atoms with Gasteiger partial charge in [0.15, 0.2) is 0 Å². The average molecular weight is 1030 g/mol. The molecule has 0 unspecified atom stereocenters. The van der Waals surface area contributed by atoms with E-state index in [1.807, 2.05) is 0 Å². The minimum atomic E-state index is -5.24. The minimum absolute atomic E-state index is 0.00366. The predicted molar refractivity (Wildman–Crippen MR) is 246 cm³/mol. The quantitative estimate of drug-likeness (QED) is 0.161. The van der Waals surface area contributed by atoms with Crippen LogP contribution in [0.4, 0.5) is 65.9 Å². The molecule has 0 bridgehead atoms. The Morgan fingerprint density at radius 3 is 1.20 bits per heavy atom. The molecule has 0 saturated carbocycles. The van der Waals surface area contributed by atoms with Crippen molar-refractivity contribution in [3.05, 3.63) is 191 Å². The van der Waals surface area contributed by atoms with Gasteiger partial charge in [0, 0.05) is 27.1 Å². The molecule has 0 amide bonds. The number of benzene rings is 8. The summed E-state index contributed by atoms with van der Waals surface area (Å²) in [4.78, 5) is 0. The molecule has 10 aromatic rings. The zero-order chi connectivity index (χ0) is 53.0. The van der Waals surface area contributed by atoms with Crippen LogP contribution in [0.25, 0.3) is 88.4 Å². The van der Waals surface area contributed by atoms with Crippen molar-refractivity contribution in [2.75, 3.05) is 0 Å². The van der Waals surface area contributed by atoms with Gasteiger partial charge in [-0.3, -0.25) is 0 Å². The number of para-hydroxylation sites is 2. The maximum atomic E-state index is 14.6. The number of halogens is 15. The second-order valence-electron chi connectivity index (χ2n) is 17.1. The van der Waals surface area contributed by atoms with Gasteiger partial charge in [0.1, 0.15) is 6.07 Å². The van der Waals surface area contributed by atoms with Crippen molar-refractivity contribution in [2.24, 2.45) is 0 Å². The van der Waals surface area contributed by atoms with Gasteiger partial charge < -0.3 is 9.13 Å². The van der Waals surface area contributed by atoms with Crippen LogP contribution >= 0.6 is 0 Å². The van der Waals surface area contributed by atoms with E-state index in [4.69, 9.17) is 0 Å². The highest BCUT2D eigenvalue weighted by atomic mass is 19.4. The zero-order valence-electron chi connectivity index (χ0n) is 36.9. The number of nitriles is 2. The van der Waals surface area contributed by atoms with Crippen molar-refractivity contribution < 1.29 is 65.9 Å². The first-order valence-corrected chi connectivity index (χ1v) is 21.6. The highest BCUT2D eigenvalue weighted by molar-refractivity contribution is 6.12. The Hall–Kier alpha value is -8.71. The van der Waals surface area contributed by atoms with Gasteiger partial charge >= 0.3 is 30.9 Å². The predicted octanol–water partition coefficient (Wildman–Crippen LogP) is 17.7. The fourth-order valence-electron chi connectivity index (χ4n) is 9.49. The number of nitrogens with zero attached hydrogens (tertiary/aromatic N) is 4. The van der Waals surface area contributed by atoms with Crippen LogP contribution in [0.2, 0.25) is 0 Å². The lowest BCUT2D eigenvalue weighted by molar-refractivity contribution is -0.144. The van der Waals surface area contributed by atoms with E-state index in [-0.39, 0.29) is 73.1 Å². The third kappa shape index (κ3) is 8.37. The van der Waals surface area contributed by atoms with Crippen molar-refractivity contribution >= 4 is 43.6 Å². The van der Waals surface area contributed by atoms with Crippen molar-refractivity contribution in [3.8, 4) is 56.9 Å². The fraction of sp³-hybridized carbons (Fsp3) is 0.0909. The van der Waals surface area contributed by atoms with Gasteiger partial charge in [-0.15, -0.1) is 0 Å². The number of hydrogen-bond donors (Lipinski definition) is 0. The molecular formula is C55H25F15N4. The standard InChI is InChI=1S/C55H25F15N4/c56-51(57,58)33-11-13-36(43(23-33)54(65,66)67)29-9-15-47-41(20-29)38-5-1-3-7-45(38)73(47)49-25-40(31-17-28(26-71)18-35(19-31)53(62,63)64)50(22-32(49)27-72)74-46-8-4-2-6-39(46)42-21-30(10-16-48(42)74)37-14-12-34(52(59,60)61)24-44(37)55(68,69)70/h1-25H. The molecule has 0 N–H and O–H groups in total. The van der Waals surface area contributed by atoms with Crippen molar-refractivity contribution in [2.45, 2.75) is 30.9 Å². The van der Waals surface area contributed by atoms with Crippen LogP contribution in [0, 0.1) is 22.7 Å². The van der Waals surface area contributed by atoms with Gasteiger partial charge in [0.2, 0.25) is 0 Å². The summed E-state index contributed by atoms with van der Waals surface area (Å²) in [6.45, 7) is 0.